The van der Waals surface area contributed by atoms with Crippen LogP contribution in [-0.2, 0) is 4.74 Å². The molecule has 1 amide bonds. The van der Waals surface area contributed by atoms with Gasteiger partial charge in [0.25, 0.3) is 5.91 Å². The van der Waals surface area contributed by atoms with Gasteiger partial charge in [0.1, 0.15) is 5.82 Å². The molecule has 0 bridgehead atoms. The molecular formula is C19H23N3O3. The molecule has 1 aromatic heterocycles. The van der Waals surface area contributed by atoms with Crippen LogP contribution in [0.1, 0.15) is 41.5 Å². The summed E-state index contributed by atoms with van der Waals surface area (Å²) >= 11 is 0. The maximum Gasteiger partial charge on any atom is 0.340 e. The van der Waals surface area contributed by atoms with E-state index in [1.54, 1.807) is 49.5 Å². The van der Waals surface area contributed by atoms with Crippen LogP contribution < -0.4 is 10.2 Å². The van der Waals surface area contributed by atoms with Gasteiger partial charge < -0.3 is 15.0 Å². The van der Waals surface area contributed by atoms with Crippen molar-refractivity contribution in [2.75, 3.05) is 29.9 Å². The topological polar surface area (TPSA) is 71.5 Å². The molecule has 0 aliphatic carbocycles. The number of benzene rings is 1. The molecule has 1 N–H and O–H groups in total. The monoisotopic (exact) mass is 341 g/mol. The Hall–Kier alpha value is -2.89. The number of hydrogen-bond acceptors (Lipinski definition) is 5. The van der Waals surface area contributed by atoms with Gasteiger partial charge in [-0.25, -0.2) is 9.78 Å². The Labute approximate surface area is 147 Å². The van der Waals surface area contributed by atoms with Crippen molar-refractivity contribution in [3.05, 3.63) is 53.7 Å². The van der Waals surface area contributed by atoms with Crippen molar-refractivity contribution in [1.82, 2.24) is 4.98 Å². The molecule has 0 saturated heterocycles. The highest BCUT2D eigenvalue weighted by Crippen LogP contribution is 2.19. The Morgan fingerprint density at radius 1 is 1.12 bits per heavy atom. The lowest BCUT2D eigenvalue weighted by atomic mass is 10.1. The maximum absolute atomic E-state index is 12.6. The third-order valence-electron chi connectivity index (χ3n) is 3.77. The summed E-state index contributed by atoms with van der Waals surface area (Å²) in [6.07, 6.45) is 1.61. The predicted molar refractivity (Wildman–Crippen MR) is 98.1 cm³/mol. The number of nitrogens with one attached hydrogen (secondary N) is 1. The van der Waals surface area contributed by atoms with E-state index in [1.165, 1.54) is 0 Å². The third kappa shape index (κ3) is 4.56. The quantitative estimate of drug-likeness (QED) is 0.782. The lowest BCUT2D eigenvalue weighted by Crippen LogP contribution is -2.23. The second-order valence-corrected chi connectivity index (χ2v) is 5.30. The van der Waals surface area contributed by atoms with Gasteiger partial charge in [-0.05, 0) is 45.0 Å². The fraction of sp³-hybridized carbons (Fsp3) is 0.316. The highest BCUT2D eigenvalue weighted by Gasteiger charge is 2.15. The average molecular weight is 341 g/mol. The number of amides is 1. The Morgan fingerprint density at radius 3 is 2.52 bits per heavy atom. The van der Waals surface area contributed by atoms with E-state index in [-0.39, 0.29) is 12.5 Å². The van der Waals surface area contributed by atoms with Gasteiger partial charge in [-0.2, -0.15) is 0 Å². The van der Waals surface area contributed by atoms with Crippen LogP contribution >= 0.6 is 0 Å². The highest BCUT2D eigenvalue weighted by atomic mass is 16.5. The molecule has 0 radical (unpaired) electrons. The molecule has 2 aromatic rings. The fourth-order valence-corrected chi connectivity index (χ4v) is 2.45. The second kappa shape index (κ2) is 8.82. The van der Waals surface area contributed by atoms with E-state index < -0.39 is 5.97 Å². The zero-order chi connectivity index (χ0) is 18.2. The van der Waals surface area contributed by atoms with Crippen molar-refractivity contribution in [1.29, 1.82) is 0 Å². The molecule has 0 fully saturated rings. The summed E-state index contributed by atoms with van der Waals surface area (Å²) in [6, 6.07) is 10.2. The molecule has 0 aliphatic heterocycles. The smallest absolute Gasteiger partial charge is 0.340 e. The van der Waals surface area contributed by atoms with Crippen molar-refractivity contribution >= 4 is 23.4 Å². The summed E-state index contributed by atoms with van der Waals surface area (Å²) in [5.74, 6) is -0.0131. The van der Waals surface area contributed by atoms with E-state index in [1.807, 2.05) is 13.8 Å². The van der Waals surface area contributed by atoms with Crippen LogP contribution in [0.3, 0.4) is 0 Å². The van der Waals surface area contributed by atoms with Crippen molar-refractivity contribution in [3.63, 3.8) is 0 Å². The van der Waals surface area contributed by atoms with Gasteiger partial charge in [-0.1, -0.05) is 12.1 Å². The molecular weight excluding hydrogens is 318 g/mol. The molecule has 2 rings (SSSR count). The Kier molecular flexibility index (Phi) is 6.51. The minimum atomic E-state index is -0.461. The predicted octanol–water partition coefficient (Wildman–Crippen LogP) is 3.36. The Bertz CT molecular complexity index is 742. The van der Waals surface area contributed by atoms with E-state index in [0.717, 1.165) is 18.9 Å². The first-order chi connectivity index (χ1) is 12.1. The number of carbonyl (C=O) groups is 2. The number of rotatable bonds is 7. The van der Waals surface area contributed by atoms with Crippen molar-refractivity contribution in [2.45, 2.75) is 20.8 Å². The molecule has 0 saturated carbocycles. The van der Waals surface area contributed by atoms with Gasteiger partial charge >= 0.3 is 5.97 Å². The first-order valence-electron chi connectivity index (χ1n) is 8.39. The number of esters is 1. The van der Waals surface area contributed by atoms with Gasteiger partial charge in [0, 0.05) is 24.8 Å². The van der Waals surface area contributed by atoms with E-state index >= 15 is 0 Å². The van der Waals surface area contributed by atoms with Crippen LogP contribution in [0, 0.1) is 0 Å². The normalized spacial score (nSPS) is 10.2. The van der Waals surface area contributed by atoms with Crippen LogP contribution in [0.4, 0.5) is 11.5 Å². The van der Waals surface area contributed by atoms with Gasteiger partial charge in [0.15, 0.2) is 0 Å². The molecule has 0 atom stereocenters. The van der Waals surface area contributed by atoms with E-state index in [9.17, 15) is 9.59 Å². The van der Waals surface area contributed by atoms with Crippen LogP contribution in [0.2, 0.25) is 0 Å². The molecule has 0 unspecified atom stereocenters. The SMILES string of the molecule is CCOC(=O)c1ccccc1NC(=O)c1ccnc(N(CC)CC)c1. The van der Waals surface area contributed by atoms with Gasteiger partial charge in [-0.3, -0.25) is 4.79 Å². The molecule has 1 heterocycles. The number of nitrogens with zero attached hydrogens (tertiary/aromatic N) is 2. The number of para-hydroxylation sites is 1. The van der Waals surface area contributed by atoms with Crippen LogP contribution in [0.15, 0.2) is 42.6 Å². The van der Waals surface area contributed by atoms with Gasteiger partial charge in [0.2, 0.25) is 0 Å². The van der Waals surface area contributed by atoms with E-state index in [2.05, 4.69) is 15.2 Å². The zero-order valence-corrected chi connectivity index (χ0v) is 14.8. The standard InChI is InChI=1S/C19H23N3O3/c1-4-22(5-2)17-13-14(11-12-20-17)18(23)21-16-10-8-7-9-15(16)19(24)25-6-3/h7-13H,4-6H2,1-3H3,(H,21,23). The summed E-state index contributed by atoms with van der Waals surface area (Å²) in [5, 5.41) is 2.78. The minimum Gasteiger partial charge on any atom is -0.462 e. The molecule has 6 nitrogen and oxygen atoms in total. The number of aromatic nitrogens is 1. The Morgan fingerprint density at radius 2 is 1.84 bits per heavy atom. The number of pyridine rings is 1. The van der Waals surface area contributed by atoms with E-state index in [4.69, 9.17) is 4.74 Å². The van der Waals surface area contributed by atoms with Crippen LogP contribution in [0.5, 0.6) is 0 Å². The summed E-state index contributed by atoms with van der Waals surface area (Å²) in [6.45, 7) is 7.70. The summed E-state index contributed by atoms with van der Waals surface area (Å²) in [7, 11) is 0. The summed E-state index contributed by atoms with van der Waals surface area (Å²) < 4.78 is 5.03. The molecule has 6 heteroatoms. The van der Waals surface area contributed by atoms with Gasteiger partial charge in [0.05, 0.1) is 17.9 Å². The third-order valence-corrected chi connectivity index (χ3v) is 3.77. The van der Waals surface area contributed by atoms with Crippen molar-refractivity contribution < 1.29 is 14.3 Å². The number of carbonyl (C=O) groups excluding carboxylic acids is 2. The summed E-state index contributed by atoms with van der Waals surface area (Å²) in [5.41, 5.74) is 1.23. The number of hydrogen-bond donors (Lipinski definition) is 1. The summed E-state index contributed by atoms with van der Waals surface area (Å²) in [4.78, 5) is 31.0. The zero-order valence-electron chi connectivity index (χ0n) is 14.8. The van der Waals surface area contributed by atoms with E-state index in [0.29, 0.717) is 16.8 Å². The maximum atomic E-state index is 12.6. The number of anilines is 2. The highest BCUT2D eigenvalue weighted by molar-refractivity contribution is 6.08. The lowest BCUT2D eigenvalue weighted by molar-refractivity contribution is 0.0527. The van der Waals surface area contributed by atoms with Crippen molar-refractivity contribution in [2.24, 2.45) is 0 Å². The largest absolute Gasteiger partial charge is 0.462 e. The molecule has 0 spiro atoms. The first kappa shape index (κ1) is 18.4. The number of ether oxygens (including phenoxy) is 1. The Balaban J connectivity index is 2.23. The fourth-order valence-electron chi connectivity index (χ4n) is 2.45. The average Bonchev–Trinajstić information content (AvgIpc) is 2.63. The molecule has 25 heavy (non-hydrogen) atoms. The molecule has 1 aromatic carbocycles. The lowest BCUT2D eigenvalue weighted by Gasteiger charge is -2.20. The van der Waals surface area contributed by atoms with Crippen LogP contribution in [0.25, 0.3) is 0 Å². The van der Waals surface area contributed by atoms with Gasteiger partial charge in [-0.15, -0.1) is 0 Å². The van der Waals surface area contributed by atoms with Crippen LogP contribution in [-0.4, -0.2) is 36.6 Å². The molecule has 0 aliphatic rings. The second-order valence-electron chi connectivity index (χ2n) is 5.30. The minimum absolute atomic E-state index is 0.276. The molecule has 132 valence electrons. The van der Waals surface area contributed by atoms with Crippen molar-refractivity contribution in [3.8, 4) is 0 Å². The first-order valence-corrected chi connectivity index (χ1v) is 8.39.